The molecule has 0 bridgehead atoms. The second-order valence-corrected chi connectivity index (χ2v) is 8.13. The van der Waals surface area contributed by atoms with Gasteiger partial charge >= 0.3 is 5.97 Å². The lowest BCUT2D eigenvalue weighted by Gasteiger charge is -2.10. The number of carbonyl (C=O) groups is 2. The van der Waals surface area contributed by atoms with Gasteiger partial charge in [0, 0.05) is 6.42 Å². The molecule has 0 saturated carbocycles. The Morgan fingerprint density at radius 3 is 2.35 bits per heavy atom. The number of rotatable bonds is 8. The maximum atomic E-state index is 12.3. The predicted molar refractivity (Wildman–Crippen MR) is 132 cm³/mol. The maximum absolute atomic E-state index is 12.3. The van der Waals surface area contributed by atoms with Gasteiger partial charge in [-0.3, -0.25) is 9.59 Å². The minimum Gasteiger partial charge on any atom is -0.466 e. The van der Waals surface area contributed by atoms with Gasteiger partial charge in [0.25, 0.3) is 0 Å². The summed E-state index contributed by atoms with van der Waals surface area (Å²) in [4.78, 5) is 33.2. The Kier molecular flexibility index (Phi) is 7.01. The quantitative estimate of drug-likeness (QED) is 0.375. The molecule has 4 rings (SSSR count). The molecule has 0 aliphatic rings. The second-order valence-electron chi connectivity index (χ2n) is 8.13. The summed E-state index contributed by atoms with van der Waals surface area (Å²) in [5, 5.41) is 2.84. The average Bonchev–Trinajstić information content (AvgIpc) is 3.13. The van der Waals surface area contributed by atoms with Crippen LogP contribution in [0.2, 0.25) is 0 Å². The number of amides is 1. The van der Waals surface area contributed by atoms with Crippen molar-refractivity contribution in [2.45, 2.75) is 40.2 Å². The van der Waals surface area contributed by atoms with Gasteiger partial charge in [0.05, 0.1) is 31.0 Å². The second kappa shape index (κ2) is 10.3. The van der Waals surface area contributed by atoms with Crippen LogP contribution in [0.1, 0.15) is 36.8 Å². The Labute approximate surface area is 198 Å². The highest BCUT2D eigenvalue weighted by molar-refractivity contribution is 5.94. The van der Waals surface area contributed by atoms with Crippen molar-refractivity contribution in [3.05, 3.63) is 77.7 Å². The van der Waals surface area contributed by atoms with Crippen LogP contribution in [0.4, 0.5) is 5.69 Å². The number of benzene rings is 2. The van der Waals surface area contributed by atoms with E-state index >= 15 is 0 Å². The highest BCUT2D eigenvalue weighted by Crippen LogP contribution is 2.24. The molecule has 7 heteroatoms. The van der Waals surface area contributed by atoms with Crippen molar-refractivity contribution < 1.29 is 14.3 Å². The van der Waals surface area contributed by atoms with Gasteiger partial charge in [-0.15, -0.1) is 0 Å². The van der Waals surface area contributed by atoms with Gasteiger partial charge in [0.2, 0.25) is 5.91 Å². The van der Waals surface area contributed by atoms with E-state index in [2.05, 4.69) is 51.3 Å². The zero-order valence-corrected chi connectivity index (χ0v) is 19.7. The molecule has 0 spiro atoms. The van der Waals surface area contributed by atoms with Crippen LogP contribution in [-0.2, 0) is 20.9 Å². The number of carbonyl (C=O) groups excluding carboxylic acids is 2. The number of pyridine rings is 1. The molecular formula is C27H28N4O3. The van der Waals surface area contributed by atoms with E-state index in [1.807, 2.05) is 38.1 Å². The average molecular weight is 457 g/mol. The minimum atomic E-state index is -0.380. The van der Waals surface area contributed by atoms with Crippen molar-refractivity contribution in [2.24, 2.45) is 0 Å². The Morgan fingerprint density at radius 2 is 1.65 bits per heavy atom. The largest absolute Gasteiger partial charge is 0.466 e. The Balaban J connectivity index is 1.50. The molecule has 1 amide bonds. The van der Waals surface area contributed by atoms with Crippen LogP contribution in [0.15, 0.2) is 60.7 Å². The summed E-state index contributed by atoms with van der Waals surface area (Å²) in [5.41, 5.74) is 6.28. The Bertz CT molecular complexity index is 1310. The molecular weight excluding hydrogens is 428 g/mol. The molecule has 0 atom stereocenters. The highest BCUT2D eigenvalue weighted by Gasteiger charge is 2.15. The number of hydrogen-bond acceptors (Lipinski definition) is 5. The van der Waals surface area contributed by atoms with Gasteiger partial charge in [0.1, 0.15) is 11.3 Å². The van der Waals surface area contributed by atoms with Crippen molar-refractivity contribution >= 4 is 28.7 Å². The van der Waals surface area contributed by atoms with Gasteiger partial charge in [-0.1, -0.05) is 54.6 Å². The molecule has 0 saturated heterocycles. The first kappa shape index (κ1) is 23.2. The number of nitrogens with one attached hydrogen (secondary N) is 1. The van der Waals surface area contributed by atoms with Gasteiger partial charge in [0.15, 0.2) is 5.65 Å². The molecule has 0 fully saturated rings. The zero-order valence-electron chi connectivity index (χ0n) is 19.7. The number of imidazole rings is 1. The molecule has 0 unspecified atom stereocenters. The van der Waals surface area contributed by atoms with Gasteiger partial charge in [-0.2, -0.15) is 0 Å². The van der Waals surface area contributed by atoms with Crippen molar-refractivity contribution in [1.29, 1.82) is 0 Å². The molecule has 34 heavy (non-hydrogen) atoms. The van der Waals surface area contributed by atoms with Crippen molar-refractivity contribution in [3.8, 4) is 11.1 Å². The van der Waals surface area contributed by atoms with Crippen LogP contribution in [0, 0.1) is 13.8 Å². The van der Waals surface area contributed by atoms with Crippen molar-refractivity contribution in [3.63, 3.8) is 0 Å². The van der Waals surface area contributed by atoms with E-state index < -0.39 is 0 Å². The number of ether oxygens (including phenoxy) is 1. The number of fused-ring (bicyclic) bond motifs is 1. The topological polar surface area (TPSA) is 86.1 Å². The normalized spacial score (nSPS) is 10.9. The third-order valence-electron chi connectivity index (χ3n) is 5.64. The molecule has 1 N–H and O–H groups in total. The van der Waals surface area contributed by atoms with E-state index in [0.29, 0.717) is 30.0 Å². The summed E-state index contributed by atoms with van der Waals surface area (Å²) in [5.74, 6) is 0.209. The lowest BCUT2D eigenvalue weighted by atomic mass is 10.0. The summed E-state index contributed by atoms with van der Waals surface area (Å²) in [7, 11) is 0. The predicted octanol–water partition coefficient (Wildman–Crippen LogP) is 5.05. The van der Waals surface area contributed by atoms with Crippen LogP contribution < -0.4 is 5.32 Å². The standard InChI is InChI=1S/C27H28N4O3/c1-4-34-26(33)15-14-25(32)30-23-16-24-27(28-18(23)2)31(19(3)29-24)17-20-10-12-22(13-11-20)21-8-6-5-7-9-21/h5-13,16H,4,14-15,17H2,1-3H3,(H,30,32). The maximum Gasteiger partial charge on any atom is 0.306 e. The van der Waals surface area contributed by atoms with E-state index in [4.69, 9.17) is 9.72 Å². The molecule has 174 valence electrons. The molecule has 2 heterocycles. The summed E-state index contributed by atoms with van der Waals surface area (Å²) < 4.78 is 6.95. The van der Waals surface area contributed by atoms with Crippen LogP contribution in [0.25, 0.3) is 22.3 Å². The fourth-order valence-electron chi connectivity index (χ4n) is 3.84. The van der Waals surface area contributed by atoms with E-state index in [1.54, 1.807) is 6.92 Å². The van der Waals surface area contributed by atoms with Crippen LogP contribution in [0.5, 0.6) is 0 Å². The Hall–Kier alpha value is -4.00. The van der Waals surface area contributed by atoms with Crippen molar-refractivity contribution in [1.82, 2.24) is 14.5 Å². The third-order valence-corrected chi connectivity index (χ3v) is 5.64. The number of aryl methyl sites for hydroxylation is 2. The first-order chi connectivity index (χ1) is 16.4. The zero-order chi connectivity index (χ0) is 24.1. The van der Waals surface area contributed by atoms with E-state index in [9.17, 15) is 9.59 Å². The fraction of sp³-hybridized carbons (Fsp3) is 0.259. The van der Waals surface area contributed by atoms with Crippen molar-refractivity contribution in [2.75, 3.05) is 11.9 Å². The molecule has 0 aliphatic heterocycles. The summed E-state index contributed by atoms with van der Waals surface area (Å²) >= 11 is 0. The molecule has 2 aromatic heterocycles. The van der Waals surface area contributed by atoms with Gasteiger partial charge in [-0.25, -0.2) is 9.97 Å². The summed E-state index contributed by atoms with van der Waals surface area (Å²) in [6.45, 7) is 6.49. The fourth-order valence-corrected chi connectivity index (χ4v) is 3.84. The first-order valence-electron chi connectivity index (χ1n) is 11.4. The highest BCUT2D eigenvalue weighted by atomic mass is 16.5. The molecule has 4 aromatic rings. The lowest BCUT2D eigenvalue weighted by molar-refractivity contribution is -0.144. The number of aromatic nitrogens is 3. The van der Waals surface area contributed by atoms with Crippen LogP contribution >= 0.6 is 0 Å². The SMILES string of the molecule is CCOC(=O)CCC(=O)Nc1cc2nc(C)n(Cc3ccc(-c4ccccc4)cc3)c2nc1C. The number of nitrogens with zero attached hydrogens (tertiary/aromatic N) is 3. The number of anilines is 1. The number of hydrogen-bond donors (Lipinski definition) is 1. The molecule has 2 aromatic carbocycles. The molecule has 0 radical (unpaired) electrons. The van der Waals surface area contributed by atoms with E-state index in [1.165, 1.54) is 11.1 Å². The monoisotopic (exact) mass is 456 g/mol. The smallest absolute Gasteiger partial charge is 0.306 e. The number of esters is 1. The van der Waals surface area contributed by atoms with Crippen LogP contribution in [-0.4, -0.2) is 33.0 Å². The van der Waals surface area contributed by atoms with Crippen LogP contribution in [0.3, 0.4) is 0 Å². The minimum absolute atomic E-state index is 0.0468. The first-order valence-corrected chi connectivity index (χ1v) is 11.4. The lowest BCUT2D eigenvalue weighted by Crippen LogP contribution is -2.15. The van der Waals surface area contributed by atoms with E-state index in [-0.39, 0.29) is 24.7 Å². The van der Waals surface area contributed by atoms with E-state index in [0.717, 1.165) is 17.0 Å². The molecule has 7 nitrogen and oxygen atoms in total. The summed E-state index contributed by atoms with van der Waals surface area (Å²) in [6, 6.07) is 20.6. The van der Waals surface area contributed by atoms with Gasteiger partial charge < -0.3 is 14.6 Å². The van der Waals surface area contributed by atoms with Gasteiger partial charge in [-0.05, 0) is 43.5 Å². The summed E-state index contributed by atoms with van der Waals surface area (Å²) in [6.07, 6.45) is 0.105. The molecule has 0 aliphatic carbocycles. The Morgan fingerprint density at radius 1 is 0.941 bits per heavy atom. The third kappa shape index (κ3) is 5.31.